The molecule has 0 atom stereocenters. The minimum Gasteiger partial charge on any atom is -0.322 e. The van der Waals surface area contributed by atoms with Crippen molar-refractivity contribution in [2.45, 2.75) is 0 Å². The molecule has 0 aliphatic rings. The van der Waals surface area contributed by atoms with Gasteiger partial charge in [0.1, 0.15) is 0 Å². The van der Waals surface area contributed by atoms with E-state index in [2.05, 4.69) is 5.32 Å². The van der Waals surface area contributed by atoms with Gasteiger partial charge in [-0.25, -0.2) is 0 Å². The number of halogens is 3. The van der Waals surface area contributed by atoms with Crippen LogP contribution in [0.2, 0.25) is 15.1 Å². The highest BCUT2D eigenvalue weighted by molar-refractivity contribution is 6.35. The molecule has 0 aromatic heterocycles. The summed E-state index contributed by atoms with van der Waals surface area (Å²) in [6.07, 6.45) is 3.09. The fraction of sp³-hybridized carbons (Fsp3) is 0. The van der Waals surface area contributed by atoms with Gasteiger partial charge >= 0.3 is 0 Å². The SMILES string of the molecule is O=C(C=Cc1cccc(Cl)c1)Nc1cc(Cl)cc(Cl)c1. The number of hydrogen-bond donors (Lipinski definition) is 1. The average Bonchev–Trinajstić information content (AvgIpc) is 2.35. The van der Waals surface area contributed by atoms with E-state index >= 15 is 0 Å². The highest BCUT2D eigenvalue weighted by Gasteiger charge is 2.01. The first-order valence-corrected chi connectivity index (χ1v) is 6.87. The number of nitrogens with one attached hydrogen (secondary N) is 1. The van der Waals surface area contributed by atoms with E-state index in [-0.39, 0.29) is 5.91 Å². The van der Waals surface area contributed by atoms with Crippen molar-refractivity contribution in [2.24, 2.45) is 0 Å². The first kappa shape index (κ1) is 14.9. The van der Waals surface area contributed by atoms with Gasteiger partial charge in [0.25, 0.3) is 0 Å². The van der Waals surface area contributed by atoms with Crippen LogP contribution in [0.4, 0.5) is 5.69 Å². The van der Waals surface area contributed by atoms with E-state index in [0.29, 0.717) is 20.8 Å². The Kier molecular flexibility index (Phi) is 5.07. The van der Waals surface area contributed by atoms with Gasteiger partial charge < -0.3 is 5.32 Å². The van der Waals surface area contributed by atoms with Crippen molar-refractivity contribution >= 4 is 52.5 Å². The summed E-state index contributed by atoms with van der Waals surface area (Å²) in [5.74, 6) is -0.275. The van der Waals surface area contributed by atoms with Crippen LogP contribution >= 0.6 is 34.8 Å². The summed E-state index contributed by atoms with van der Waals surface area (Å²) in [5, 5.41) is 4.23. The molecule has 0 spiro atoms. The van der Waals surface area contributed by atoms with E-state index in [0.717, 1.165) is 5.56 Å². The zero-order valence-corrected chi connectivity index (χ0v) is 12.5. The second-order valence-electron chi connectivity index (χ2n) is 4.04. The van der Waals surface area contributed by atoms with Crippen LogP contribution in [0.25, 0.3) is 6.08 Å². The predicted molar refractivity (Wildman–Crippen MR) is 85.6 cm³/mol. The first-order chi connectivity index (χ1) is 9.52. The van der Waals surface area contributed by atoms with Crippen LogP contribution in [0.3, 0.4) is 0 Å². The third kappa shape index (κ3) is 4.57. The molecule has 5 heteroatoms. The Morgan fingerprint density at radius 2 is 1.65 bits per heavy atom. The van der Waals surface area contributed by atoms with Gasteiger partial charge in [-0.15, -0.1) is 0 Å². The van der Waals surface area contributed by atoms with Crippen molar-refractivity contribution < 1.29 is 4.79 Å². The van der Waals surface area contributed by atoms with Gasteiger partial charge in [-0.05, 0) is 42.0 Å². The summed E-state index contributed by atoms with van der Waals surface area (Å²) < 4.78 is 0. The largest absolute Gasteiger partial charge is 0.322 e. The molecule has 2 aromatic carbocycles. The minimum atomic E-state index is -0.275. The normalized spacial score (nSPS) is 10.8. The van der Waals surface area contributed by atoms with E-state index in [1.54, 1.807) is 36.4 Å². The third-order valence-corrected chi connectivity index (χ3v) is 3.08. The molecule has 0 aliphatic carbocycles. The maximum absolute atomic E-state index is 11.8. The molecule has 0 bridgehead atoms. The molecule has 0 radical (unpaired) electrons. The molecule has 0 saturated carbocycles. The second kappa shape index (κ2) is 6.80. The van der Waals surface area contributed by atoms with E-state index in [1.165, 1.54) is 6.08 Å². The molecule has 2 nitrogen and oxygen atoms in total. The van der Waals surface area contributed by atoms with Crippen molar-refractivity contribution in [3.05, 3.63) is 69.2 Å². The molecule has 2 rings (SSSR count). The number of anilines is 1. The maximum atomic E-state index is 11.8. The zero-order chi connectivity index (χ0) is 14.5. The van der Waals surface area contributed by atoms with Crippen LogP contribution in [0.5, 0.6) is 0 Å². The molecule has 102 valence electrons. The number of rotatable bonds is 3. The Hall–Kier alpha value is -1.48. The fourth-order valence-corrected chi connectivity index (χ4v) is 2.32. The summed E-state index contributed by atoms with van der Waals surface area (Å²) in [7, 11) is 0. The van der Waals surface area contributed by atoms with Crippen LogP contribution < -0.4 is 5.32 Å². The highest BCUT2D eigenvalue weighted by Crippen LogP contribution is 2.22. The fourth-order valence-electron chi connectivity index (χ4n) is 1.59. The molecule has 20 heavy (non-hydrogen) atoms. The number of amides is 1. The van der Waals surface area contributed by atoms with Crippen LogP contribution in [0.1, 0.15) is 5.56 Å². The van der Waals surface area contributed by atoms with Crippen LogP contribution in [0.15, 0.2) is 48.5 Å². The second-order valence-corrected chi connectivity index (χ2v) is 5.35. The van der Waals surface area contributed by atoms with Crippen molar-refractivity contribution in [1.82, 2.24) is 0 Å². The zero-order valence-electron chi connectivity index (χ0n) is 10.2. The molecule has 0 fully saturated rings. The molecule has 0 aliphatic heterocycles. The van der Waals surface area contributed by atoms with Gasteiger partial charge in [-0.1, -0.05) is 46.9 Å². The summed E-state index contributed by atoms with van der Waals surface area (Å²) in [4.78, 5) is 11.8. The molecule has 2 aromatic rings. The van der Waals surface area contributed by atoms with Crippen molar-refractivity contribution in [2.75, 3.05) is 5.32 Å². The molecular weight excluding hydrogens is 317 g/mol. The summed E-state index contributed by atoms with van der Waals surface area (Å²) in [6.45, 7) is 0. The quantitative estimate of drug-likeness (QED) is 0.762. The Labute approximate surface area is 132 Å². The van der Waals surface area contributed by atoms with Crippen LogP contribution in [-0.4, -0.2) is 5.91 Å². The number of carbonyl (C=O) groups excluding carboxylic acids is 1. The van der Waals surface area contributed by atoms with Gasteiger partial charge in [-0.3, -0.25) is 4.79 Å². The Balaban J connectivity index is 2.05. The summed E-state index contributed by atoms with van der Waals surface area (Å²) in [5.41, 5.74) is 1.39. The van der Waals surface area contributed by atoms with Crippen molar-refractivity contribution in [3.63, 3.8) is 0 Å². The van der Waals surface area contributed by atoms with Gasteiger partial charge in [0, 0.05) is 26.8 Å². The minimum absolute atomic E-state index is 0.275. The molecule has 1 amide bonds. The molecule has 0 saturated heterocycles. The molecule has 0 unspecified atom stereocenters. The van der Waals surface area contributed by atoms with E-state index in [9.17, 15) is 4.79 Å². The van der Waals surface area contributed by atoms with E-state index < -0.39 is 0 Å². The van der Waals surface area contributed by atoms with E-state index in [1.807, 2.05) is 12.1 Å². The standard InChI is InChI=1S/C15H10Cl3NO/c16-11-3-1-2-10(6-11)4-5-15(20)19-14-8-12(17)7-13(18)9-14/h1-9H,(H,19,20). The number of benzene rings is 2. The Morgan fingerprint density at radius 3 is 2.30 bits per heavy atom. The summed E-state index contributed by atoms with van der Waals surface area (Å²) >= 11 is 17.6. The van der Waals surface area contributed by atoms with Crippen LogP contribution in [-0.2, 0) is 4.79 Å². The van der Waals surface area contributed by atoms with Crippen molar-refractivity contribution in [1.29, 1.82) is 0 Å². The lowest BCUT2D eigenvalue weighted by molar-refractivity contribution is -0.111. The monoisotopic (exact) mass is 325 g/mol. The molecular formula is C15H10Cl3NO. The average molecular weight is 327 g/mol. The summed E-state index contributed by atoms with van der Waals surface area (Å²) in [6, 6.07) is 12.1. The maximum Gasteiger partial charge on any atom is 0.248 e. The predicted octanol–water partition coefficient (Wildman–Crippen LogP) is 5.30. The van der Waals surface area contributed by atoms with Gasteiger partial charge in [0.2, 0.25) is 5.91 Å². The highest BCUT2D eigenvalue weighted by atomic mass is 35.5. The van der Waals surface area contributed by atoms with Gasteiger partial charge in [-0.2, -0.15) is 0 Å². The van der Waals surface area contributed by atoms with Crippen molar-refractivity contribution in [3.8, 4) is 0 Å². The smallest absolute Gasteiger partial charge is 0.248 e. The van der Waals surface area contributed by atoms with Crippen LogP contribution in [0, 0.1) is 0 Å². The topological polar surface area (TPSA) is 29.1 Å². The Bertz CT molecular complexity index is 648. The lowest BCUT2D eigenvalue weighted by atomic mass is 10.2. The number of carbonyl (C=O) groups is 1. The lowest BCUT2D eigenvalue weighted by Crippen LogP contribution is -2.07. The molecule has 1 N–H and O–H groups in total. The lowest BCUT2D eigenvalue weighted by Gasteiger charge is -2.03. The van der Waals surface area contributed by atoms with Gasteiger partial charge in [0.05, 0.1) is 0 Å². The first-order valence-electron chi connectivity index (χ1n) is 5.74. The van der Waals surface area contributed by atoms with E-state index in [4.69, 9.17) is 34.8 Å². The number of hydrogen-bond acceptors (Lipinski definition) is 1. The third-order valence-electron chi connectivity index (χ3n) is 2.41. The molecule has 0 heterocycles. The Morgan fingerprint density at radius 1 is 0.950 bits per heavy atom. The van der Waals surface area contributed by atoms with Gasteiger partial charge in [0.15, 0.2) is 0 Å².